The Kier molecular flexibility index (Phi) is 3.96. The van der Waals surface area contributed by atoms with Crippen LogP contribution in [0.5, 0.6) is 0 Å². The third kappa shape index (κ3) is 2.76. The van der Waals surface area contributed by atoms with E-state index in [0.29, 0.717) is 6.04 Å². The molecule has 1 N–H and O–H groups in total. The van der Waals surface area contributed by atoms with Gasteiger partial charge in [-0.1, -0.05) is 43.5 Å². The van der Waals surface area contributed by atoms with Crippen LogP contribution in [0.2, 0.25) is 0 Å². The van der Waals surface area contributed by atoms with Gasteiger partial charge in [-0.15, -0.1) is 0 Å². The molecular formula is C16H23NO. The average molecular weight is 245 g/mol. The van der Waals surface area contributed by atoms with E-state index >= 15 is 0 Å². The minimum atomic E-state index is 0.388. The smallest absolute Gasteiger partial charge is 0.0662 e. The van der Waals surface area contributed by atoms with Crippen LogP contribution in [-0.2, 0) is 4.74 Å². The van der Waals surface area contributed by atoms with Crippen LogP contribution in [0.4, 0.5) is 0 Å². The number of morpholine rings is 1. The molecule has 1 aliphatic heterocycles. The Bertz CT molecular complexity index is 324. The summed E-state index contributed by atoms with van der Waals surface area (Å²) in [5.74, 6) is 0.809. The Morgan fingerprint density at radius 3 is 2.33 bits per heavy atom. The van der Waals surface area contributed by atoms with Gasteiger partial charge < -0.3 is 10.1 Å². The van der Waals surface area contributed by atoms with Crippen LogP contribution >= 0.6 is 0 Å². The van der Waals surface area contributed by atoms with Crippen molar-refractivity contribution in [2.75, 3.05) is 19.8 Å². The van der Waals surface area contributed by atoms with Gasteiger partial charge in [0.1, 0.15) is 0 Å². The van der Waals surface area contributed by atoms with Gasteiger partial charge in [0.25, 0.3) is 0 Å². The van der Waals surface area contributed by atoms with Gasteiger partial charge in [0.15, 0.2) is 0 Å². The zero-order valence-electron chi connectivity index (χ0n) is 11.0. The number of benzene rings is 1. The normalized spacial score (nSPS) is 26.1. The summed E-state index contributed by atoms with van der Waals surface area (Å²) in [6.07, 6.45) is 7.00. The Morgan fingerprint density at radius 2 is 1.67 bits per heavy atom. The van der Waals surface area contributed by atoms with Crippen LogP contribution in [0.1, 0.15) is 55.2 Å². The molecule has 0 bridgehead atoms. The maximum absolute atomic E-state index is 5.52. The fourth-order valence-electron chi connectivity index (χ4n) is 3.22. The minimum Gasteiger partial charge on any atom is -0.378 e. The second kappa shape index (κ2) is 5.85. The Labute approximate surface area is 110 Å². The summed E-state index contributed by atoms with van der Waals surface area (Å²) >= 11 is 0. The summed E-state index contributed by atoms with van der Waals surface area (Å²) in [5.41, 5.74) is 2.91. The van der Waals surface area contributed by atoms with Crippen LogP contribution < -0.4 is 5.32 Å². The topological polar surface area (TPSA) is 21.3 Å². The molecule has 1 saturated heterocycles. The molecule has 98 valence electrons. The van der Waals surface area contributed by atoms with E-state index < -0.39 is 0 Å². The third-order valence-corrected chi connectivity index (χ3v) is 4.34. The lowest BCUT2D eigenvalue weighted by Crippen LogP contribution is -2.34. The van der Waals surface area contributed by atoms with Gasteiger partial charge in [-0.05, 0) is 29.9 Å². The van der Waals surface area contributed by atoms with Crippen molar-refractivity contribution >= 4 is 0 Å². The highest BCUT2D eigenvalue weighted by Crippen LogP contribution is 2.33. The molecule has 1 aromatic rings. The van der Waals surface area contributed by atoms with Crippen LogP contribution in [0.15, 0.2) is 24.3 Å². The first kappa shape index (κ1) is 12.2. The molecule has 2 fully saturated rings. The van der Waals surface area contributed by atoms with E-state index in [1.807, 2.05) is 0 Å². The molecule has 18 heavy (non-hydrogen) atoms. The van der Waals surface area contributed by atoms with Gasteiger partial charge in [-0.25, -0.2) is 0 Å². The molecule has 3 rings (SSSR count). The van der Waals surface area contributed by atoms with Crippen molar-refractivity contribution < 1.29 is 4.74 Å². The van der Waals surface area contributed by atoms with Crippen molar-refractivity contribution in [3.05, 3.63) is 35.4 Å². The van der Waals surface area contributed by atoms with Gasteiger partial charge >= 0.3 is 0 Å². The number of hydrogen-bond acceptors (Lipinski definition) is 2. The van der Waals surface area contributed by atoms with Gasteiger partial charge in [0, 0.05) is 6.54 Å². The van der Waals surface area contributed by atoms with Crippen molar-refractivity contribution in [2.24, 2.45) is 0 Å². The largest absolute Gasteiger partial charge is 0.378 e. The average Bonchev–Trinajstić information content (AvgIpc) is 2.49. The van der Waals surface area contributed by atoms with Crippen molar-refractivity contribution in [3.8, 4) is 0 Å². The Hall–Kier alpha value is -0.860. The second-order valence-electron chi connectivity index (χ2n) is 5.58. The predicted molar refractivity (Wildman–Crippen MR) is 73.8 cm³/mol. The lowest BCUT2D eigenvalue weighted by atomic mass is 9.84. The highest BCUT2D eigenvalue weighted by atomic mass is 16.5. The minimum absolute atomic E-state index is 0.388. The molecule has 1 saturated carbocycles. The van der Waals surface area contributed by atoms with Gasteiger partial charge in [0.2, 0.25) is 0 Å². The summed E-state index contributed by atoms with van der Waals surface area (Å²) in [5, 5.41) is 3.51. The van der Waals surface area contributed by atoms with E-state index in [1.54, 1.807) is 0 Å². The summed E-state index contributed by atoms with van der Waals surface area (Å²) in [6, 6.07) is 9.63. The molecule has 0 spiro atoms. The fraction of sp³-hybridized carbons (Fsp3) is 0.625. The zero-order valence-corrected chi connectivity index (χ0v) is 11.0. The zero-order chi connectivity index (χ0) is 12.2. The monoisotopic (exact) mass is 245 g/mol. The molecule has 0 radical (unpaired) electrons. The number of ether oxygens (including phenoxy) is 1. The summed E-state index contributed by atoms with van der Waals surface area (Å²) in [6.45, 7) is 2.62. The molecule has 2 heteroatoms. The Morgan fingerprint density at radius 1 is 0.944 bits per heavy atom. The van der Waals surface area contributed by atoms with E-state index in [9.17, 15) is 0 Å². The summed E-state index contributed by atoms with van der Waals surface area (Å²) < 4.78 is 5.52. The first-order valence-corrected chi connectivity index (χ1v) is 7.34. The fourth-order valence-corrected chi connectivity index (χ4v) is 3.22. The van der Waals surface area contributed by atoms with Crippen LogP contribution in [0, 0.1) is 0 Å². The maximum atomic E-state index is 5.52. The SMILES string of the molecule is c1cc(C2COCCN2)ccc1C1CCCCC1. The lowest BCUT2D eigenvalue weighted by molar-refractivity contribution is 0.0769. The molecule has 2 aliphatic rings. The molecule has 2 nitrogen and oxygen atoms in total. The van der Waals surface area contributed by atoms with Crippen LogP contribution in [0.3, 0.4) is 0 Å². The van der Waals surface area contributed by atoms with Crippen molar-refractivity contribution in [1.29, 1.82) is 0 Å². The molecule has 1 heterocycles. The first-order valence-electron chi connectivity index (χ1n) is 7.34. The van der Waals surface area contributed by atoms with Crippen LogP contribution in [-0.4, -0.2) is 19.8 Å². The van der Waals surface area contributed by atoms with Crippen molar-refractivity contribution in [3.63, 3.8) is 0 Å². The van der Waals surface area contributed by atoms with Crippen molar-refractivity contribution in [1.82, 2.24) is 5.32 Å². The molecule has 1 aromatic carbocycles. The highest BCUT2D eigenvalue weighted by Gasteiger charge is 2.17. The molecule has 1 atom stereocenters. The summed E-state index contributed by atoms with van der Waals surface area (Å²) in [7, 11) is 0. The van der Waals surface area contributed by atoms with Crippen LogP contribution in [0.25, 0.3) is 0 Å². The van der Waals surface area contributed by atoms with Gasteiger partial charge in [-0.3, -0.25) is 0 Å². The van der Waals surface area contributed by atoms with E-state index in [-0.39, 0.29) is 0 Å². The first-order chi connectivity index (χ1) is 8.93. The van der Waals surface area contributed by atoms with E-state index in [2.05, 4.69) is 29.6 Å². The lowest BCUT2D eigenvalue weighted by Gasteiger charge is -2.25. The maximum Gasteiger partial charge on any atom is 0.0662 e. The van der Waals surface area contributed by atoms with E-state index in [0.717, 1.165) is 25.7 Å². The number of hydrogen-bond donors (Lipinski definition) is 1. The predicted octanol–water partition coefficient (Wildman–Crippen LogP) is 3.40. The summed E-state index contributed by atoms with van der Waals surface area (Å²) in [4.78, 5) is 0. The molecular weight excluding hydrogens is 222 g/mol. The van der Waals surface area contributed by atoms with Crippen molar-refractivity contribution in [2.45, 2.75) is 44.1 Å². The number of rotatable bonds is 2. The second-order valence-corrected chi connectivity index (χ2v) is 5.58. The van der Waals surface area contributed by atoms with E-state index in [4.69, 9.17) is 4.74 Å². The molecule has 1 unspecified atom stereocenters. The standard InChI is InChI=1S/C16H23NO/c1-2-4-13(5-3-1)14-6-8-15(9-7-14)16-12-18-11-10-17-16/h6-9,13,16-17H,1-5,10-12H2. The van der Waals surface area contributed by atoms with E-state index in [1.165, 1.54) is 43.2 Å². The van der Waals surface area contributed by atoms with Gasteiger partial charge in [-0.2, -0.15) is 0 Å². The van der Waals surface area contributed by atoms with Gasteiger partial charge in [0.05, 0.1) is 19.3 Å². The molecule has 0 amide bonds. The quantitative estimate of drug-likeness (QED) is 0.862. The molecule has 0 aromatic heterocycles. The Balaban J connectivity index is 1.67. The highest BCUT2D eigenvalue weighted by molar-refractivity contribution is 5.28. The molecule has 1 aliphatic carbocycles. The third-order valence-electron chi connectivity index (χ3n) is 4.34. The number of nitrogens with one attached hydrogen (secondary N) is 1.